The first kappa shape index (κ1) is 17.5. The molecule has 0 bridgehead atoms. The van der Waals surface area contributed by atoms with E-state index in [1.807, 2.05) is 42.5 Å². The Morgan fingerprint density at radius 2 is 1.92 bits per heavy atom. The average Bonchev–Trinajstić information content (AvgIpc) is 3.12. The summed E-state index contributed by atoms with van der Waals surface area (Å²) >= 11 is 0. The number of anilines is 1. The minimum absolute atomic E-state index is 0.312. The van der Waals surface area contributed by atoms with Gasteiger partial charge in [-0.1, -0.05) is 6.07 Å². The molecule has 4 N–H and O–H groups in total. The number of aromatic nitrogens is 3. The van der Waals surface area contributed by atoms with Crippen LogP contribution in [0.15, 0.2) is 47.5 Å². The highest BCUT2D eigenvalue weighted by Crippen LogP contribution is 2.19. The average molecular weight is 350 g/mol. The molecule has 1 heterocycles. The number of rotatable bonds is 5. The molecule has 1 aromatic heterocycles. The number of nitrogens with one attached hydrogen (secondary N) is 2. The summed E-state index contributed by atoms with van der Waals surface area (Å²) in [5.41, 5.74) is 10.2. The zero-order chi connectivity index (χ0) is 18.5. The van der Waals surface area contributed by atoms with Crippen LogP contribution in [0, 0.1) is 13.8 Å². The summed E-state index contributed by atoms with van der Waals surface area (Å²) in [6.07, 6.45) is 0. The number of nitrogens with two attached hydrogens (primary N) is 1. The Morgan fingerprint density at radius 3 is 2.62 bits per heavy atom. The van der Waals surface area contributed by atoms with E-state index in [2.05, 4.69) is 39.3 Å². The number of H-pyrrole nitrogens is 1. The van der Waals surface area contributed by atoms with Gasteiger partial charge in [0.1, 0.15) is 18.1 Å². The highest BCUT2D eigenvalue weighted by Gasteiger charge is 2.06. The zero-order valence-corrected chi connectivity index (χ0v) is 15.1. The lowest BCUT2D eigenvalue weighted by molar-refractivity contribution is 0.415. The van der Waals surface area contributed by atoms with E-state index in [1.165, 1.54) is 11.1 Å². The van der Waals surface area contributed by atoms with E-state index in [0.29, 0.717) is 24.2 Å². The summed E-state index contributed by atoms with van der Waals surface area (Å²) in [5.74, 6) is 2.37. The van der Waals surface area contributed by atoms with Crippen LogP contribution in [-0.2, 0) is 6.54 Å². The minimum Gasteiger partial charge on any atom is -0.497 e. The maximum absolute atomic E-state index is 5.95. The molecular formula is C19H22N6O. The molecular weight excluding hydrogens is 328 g/mol. The Bertz CT molecular complexity index is 914. The third-order valence-electron chi connectivity index (χ3n) is 4.06. The van der Waals surface area contributed by atoms with Gasteiger partial charge in [-0.25, -0.2) is 9.98 Å². The quantitative estimate of drug-likeness (QED) is 0.485. The molecule has 3 rings (SSSR count). The van der Waals surface area contributed by atoms with Crippen molar-refractivity contribution >= 4 is 11.6 Å². The third-order valence-corrected chi connectivity index (χ3v) is 4.06. The van der Waals surface area contributed by atoms with Crippen molar-refractivity contribution in [1.82, 2.24) is 15.2 Å². The second-order valence-corrected chi connectivity index (χ2v) is 5.96. The number of aromatic amines is 1. The van der Waals surface area contributed by atoms with Gasteiger partial charge >= 0.3 is 0 Å². The summed E-state index contributed by atoms with van der Waals surface area (Å²) in [6, 6.07) is 13.6. The monoisotopic (exact) mass is 350 g/mol. The lowest BCUT2D eigenvalue weighted by atomic mass is 10.1. The zero-order valence-electron chi connectivity index (χ0n) is 15.1. The van der Waals surface area contributed by atoms with Gasteiger partial charge in [0, 0.05) is 11.3 Å². The largest absolute Gasteiger partial charge is 0.497 e. The van der Waals surface area contributed by atoms with Crippen LogP contribution in [-0.4, -0.2) is 28.3 Å². The fraction of sp³-hybridized carbons (Fsp3) is 0.211. The van der Waals surface area contributed by atoms with E-state index in [1.54, 1.807) is 7.11 Å². The molecule has 0 aliphatic carbocycles. The van der Waals surface area contributed by atoms with E-state index in [-0.39, 0.29) is 0 Å². The molecule has 0 amide bonds. The van der Waals surface area contributed by atoms with E-state index in [9.17, 15) is 0 Å². The molecule has 0 atom stereocenters. The van der Waals surface area contributed by atoms with Crippen LogP contribution < -0.4 is 15.8 Å². The number of aryl methyl sites for hydroxylation is 2. The van der Waals surface area contributed by atoms with E-state index in [0.717, 1.165) is 17.0 Å². The number of nitrogens with zero attached hydrogens (tertiary/aromatic N) is 3. The summed E-state index contributed by atoms with van der Waals surface area (Å²) in [6.45, 7) is 4.44. The highest BCUT2D eigenvalue weighted by molar-refractivity contribution is 5.92. The van der Waals surface area contributed by atoms with Crippen molar-refractivity contribution in [3.63, 3.8) is 0 Å². The molecule has 0 fully saturated rings. The molecule has 7 nitrogen and oxygen atoms in total. The van der Waals surface area contributed by atoms with Crippen molar-refractivity contribution < 1.29 is 4.74 Å². The summed E-state index contributed by atoms with van der Waals surface area (Å²) in [5, 5.41) is 10.2. The Balaban J connectivity index is 1.64. The van der Waals surface area contributed by atoms with E-state index < -0.39 is 0 Å². The van der Waals surface area contributed by atoms with Crippen molar-refractivity contribution in [3.05, 3.63) is 59.4 Å². The fourth-order valence-corrected chi connectivity index (χ4v) is 2.40. The molecule has 7 heteroatoms. The lowest BCUT2D eigenvalue weighted by Gasteiger charge is -2.07. The van der Waals surface area contributed by atoms with Crippen LogP contribution in [0.3, 0.4) is 0 Å². The number of ether oxygens (including phenoxy) is 1. The van der Waals surface area contributed by atoms with Crippen LogP contribution in [0.1, 0.15) is 17.0 Å². The predicted octanol–water partition coefficient (Wildman–Crippen LogP) is 3.02. The van der Waals surface area contributed by atoms with Gasteiger partial charge in [0.15, 0.2) is 11.8 Å². The van der Waals surface area contributed by atoms with Gasteiger partial charge in [-0.3, -0.25) is 5.10 Å². The standard InChI is InChI=1S/C19H22N6O/c1-12-4-7-15(10-13(12)2)22-19(20)21-11-17-23-18(25-24-17)14-5-8-16(26-3)9-6-14/h4-10H,11H2,1-3H3,(H3,20,21,22)(H,23,24,25). The van der Waals surface area contributed by atoms with E-state index in [4.69, 9.17) is 10.5 Å². The number of hydrogen-bond donors (Lipinski definition) is 3. The molecule has 0 saturated heterocycles. The van der Waals surface area contributed by atoms with Gasteiger partial charge in [-0.15, -0.1) is 0 Å². The smallest absolute Gasteiger partial charge is 0.193 e. The summed E-state index contributed by atoms with van der Waals surface area (Å²) in [7, 11) is 1.63. The van der Waals surface area contributed by atoms with Crippen LogP contribution in [0.4, 0.5) is 5.69 Å². The second kappa shape index (κ2) is 7.69. The van der Waals surface area contributed by atoms with Crippen molar-refractivity contribution in [1.29, 1.82) is 0 Å². The van der Waals surface area contributed by atoms with E-state index >= 15 is 0 Å². The fourth-order valence-electron chi connectivity index (χ4n) is 2.40. The summed E-state index contributed by atoms with van der Waals surface area (Å²) < 4.78 is 5.15. The Kier molecular flexibility index (Phi) is 5.17. The molecule has 0 unspecified atom stereocenters. The number of methoxy groups -OCH3 is 1. The minimum atomic E-state index is 0.312. The SMILES string of the molecule is COc1ccc(-c2n[nH]c(CN=C(N)Nc3ccc(C)c(C)c3)n2)cc1. The van der Waals surface area contributed by atoms with Crippen LogP contribution >= 0.6 is 0 Å². The second-order valence-electron chi connectivity index (χ2n) is 5.96. The Morgan fingerprint density at radius 1 is 1.15 bits per heavy atom. The number of aliphatic imine (C=N–C) groups is 1. The lowest BCUT2D eigenvalue weighted by Crippen LogP contribution is -2.22. The van der Waals surface area contributed by atoms with Gasteiger partial charge in [0.25, 0.3) is 0 Å². The number of guanidine groups is 1. The third kappa shape index (κ3) is 4.18. The maximum Gasteiger partial charge on any atom is 0.193 e. The molecule has 134 valence electrons. The van der Waals surface area contributed by atoms with Gasteiger partial charge in [-0.05, 0) is 61.4 Å². The molecule has 2 aromatic carbocycles. The van der Waals surface area contributed by atoms with Gasteiger partial charge in [0.05, 0.1) is 7.11 Å². The number of hydrogen-bond acceptors (Lipinski definition) is 4. The highest BCUT2D eigenvalue weighted by atomic mass is 16.5. The number of benzene rings is 2. The summed E-state index contributed by atoms with van der Waals surface area (Å²) in [4.78, 5) is 8.75. The van der Waals surface area contributed by atoms with Crippen LogP contribution in [0.2, 0.25) is 0 Å². The van der Waals surface area contributed by atoms with Crippen molar-refractivity contribution in [2.24, 2.45) is 10.7 Å². The van der Waals surface area contributed by atoms with Crippen molar-refractivity contribution in [2.75, 3.05) is 12.4 Å². The van der Waals surface area contributed by atoms with Crippen molar-refractivity contribution in [2.45, 2.75) is 20.4 Å². The first-order valence-corrected chi connectivity index (χ1v) is 8.25. The van der Waals surface area contributed by atoms with Crippen molar-refractivity contribution in [3.8, 4) is 17.1 Å². The van der Waals surface area contributed by atoms with Crippen LogP contribution in [0.25, 0.3) is 11.4 Å². The molecule has 3 aromatic rings. The first-order chi connectivity index (χ1) is 12.5. The molecule has 0 radical (unpaired) electrons. The molecule has 0 saturated carbocycles. The van der Waals surface area contributed by atoms with Gasteiger partial charge in [-0.2, -0.15) is 5.10 Å². The van der Waals surface area contributed by atoms with Crippen LogP contribution in [0.5, 0.6) is 5.75 Å². The molecule has 0 aliphatic heterocycles. The normalized spacial score (nSPS) is 11.4. The maximum atomic E-state index is 5.95. The van der Waals surface area contributed by atoms with Gasteiger partial charge in [0.2, 0.25) is 0 Å². The first-order valence-electron chi connectivity index (χ1n) is 8.25. The Hall–Kier alpha value is -3.35. The molecule has 0 spiro atoms. The molecule has 26 heavy (non-hydrogen) atoms. The van der Waals surface area contributed by atoms with Gasteiger partial charge < -0.3 is 15.8 Å². The topological polar surface area (TPSA) is 101 Å². The molecule has 0 aliphatic rings. The Labute approximate surface area is 152 Å². The predicted molar refractivity (Wildman–Crippen MR) is 103 cm³/mol.